The molecule has 4 aromatic carbocycles. The van der Waals surface area contributed by atoms with Gasteiger partial charge in [-0.3, -0.25) is 28.3 Å². The minimum atomic E-state index is -0.718. The minimum Gasteiger partial charge on any atom is -0.508 e. The van der Waals surface area contributed by atoms with Crippen LogP contribution < -0.4 is 21.8 Å². The number of H-pyrrole nitrogens is 2. The molecule has 0 radical (unpaired) electrons. The maximum absolute atomic E-state index is 13.5. The minimum absolute atomic E-state index is 0.000815. The average Bonchev–Trinajstić information content (AvgIpc) is 3.87. The molecule has 4 aromatic heterocycles. The molecule has 0 saturated heterocycles. The van der Waals surface area contributed by atoms with E-state index in [-0.39, 0.29) is 46.7 Å². The number of amides is 2. The molecule has 0 aliphatic carbocycles. The highest BCUT2D eigenvalue weighted by Gasteiger charge is 2.39. The van der Waals surface area contributed by atoms with E-state index in [2.05, 4.69) is 48.3 Å². The van der Waals surface area contributed by atoms with Crippen molar-refractivity contribution in [2.45, 2.75) is 77.5 Å². The van der Waals surface area contributed by atoms with E-state index in [1.54, 1.807) is 16.7 Å². The van der Waals surface area contributed by atoms with E-state index >= 15 is 0 Å². The number of fused-ring (bicyclic) bond motifs is 6. The summed E-state index contributed by atoms with van der Waals surface area (Å²) in [6.07, 6.45) is 6.17. The van der Waals surface area contributed by atoms with Gasteiger partial charge in [0.2, 0.25) is 11.8 Å². The second kappa shape index (κ2) is 15.9. The van der Waals surface area contributed by atoms with Gasteiger partial charge in [0, 0.05) is 47.0 Å². The van der Waals surface area contributed by atoms with Crippen LogP contribution in [0.25, 0.3) is 43.6 Å². The fraction of sp³-hybridized carbons (Fsp3) is 0.292. The van der Waals surface area contributed by atoms with Crippen molar-refractivity contribution >= 4 is 55.4 Å². The molecule has 2 amide bonds. The second-order valence-corrected chi connectivity index (χ2v) is 16.7. The number of rotatable bonds is 8. The van der Waals surface area contributed by atoms with Crippen molar-refractivity contribution < 1.29 is 14.7 Å². The predicted octanol–water partition coefficient (Wildman–Crippen LogP) is 7.46. The third-order valence-electron chi connectivity index (χ3n) is 12.3. The van der Waals surface area contributed by atoms with Gasteiger partial charge >= 0.3 is 0 Å². The molecule has 2 aliphatic rings. The van der Waals surface area contributed by atoms with E-state index in [9.17, 15) is 24.3 Å². The van der Waals surface area contributed by atoms with Crippen LogP contribution in [-0.2, 0) is 22.4 Å². The van der Waals surface area contributed by atoms with Crippen molar-refractivity contribution in [1.29, 1.82) is 0 Å². The number of carbonyl (C=O) groups is 2. The molecule has 0 spiro atoms. The summed E-state index contributed by atoms with van der Waals surface area (Å²) in [6.45, 7) is 8.31. The Morgan fingerprint density at radius 3 is 1.79 bits per heavy atom. The number of aromatic hydroxyl groups is 1. The summed E-state index contributed by atoms with van der Waals surface area (Å²) in [6, 6.07) is 25.9. The number of carbonyl (C=O) groups excluding carboxylic acids is 2. The van der Waals surface area contributed by atoms with Gasteiger partial charge in [-0.25, -0.2) is 9.97 Å². The molecule has 5 N–H and O–H groups in total. The summed E-state index contributed by atoms with van der Waals surface area (Å²) in [7, 11) is 0. The first-order valence-electron chi connectivity index (χ1n) is 21.0. The van der Waals surface area contributed by atoms with E-state index in [0.717, 1.165) is 39.4 Å². The second-order valence-electron chi connectivity index (χ2n) is 16.7. The number of hydrogen-bond acceptors (Lipinski definition) is 7. The van der Waals surface area contributed by atoms with Crippen molar-refractivity contribution in [2.24, 2.45) is 11.8 Å². The highest BCUT2D eigenvalue weighted by atomic mass is 16.3. The van der Waals surface area contributed by atoms with Crippen LogP contribution in [0, 0.1) is 11.8 Å². The lowest BCUT2D eigenvalue weighted by Crippen LogP contribution is -2.50. The molecule has 0 fully saturated rings. The predicted molar refractivity (Wildman–Crippen MR) is 236 cm³/mol. The summed E-state index contributed by atoms with van der Waals surface area (Å²) in [5, 5.41) is 19.1. The highest BCUT2D eigenvalue weighted by Crippen LogP contribution is 2.34. The number of hydrogen-bond donors (Lipinski definition) is 5. The maximum Gasteiger partial charge on any atom is 0.262 e. The van der Waals surface area contributed by atoms with E-state index < -0.39 is 12.1 Å². The fourth-order valence-electron chi connectivity index (χ4n) is 8.97. The largest absolute Gasteiger partial charge is 0.508 e. The number of aromatic nitrogens is 6. The molecular weight excluding hydrogens is 769 g/mol. The first kappa shape index (κ1) is 39.4. The summed E-state index contributed by atoms with van der Waals surface area (Å²) in [5.41, 5.74) is 4.72. The van der Waals surface area contributed by atoms with Crippen molar-refractivity contribution in [1.82, 2.24) is 39.7 Å². The molecule has 310 valence electrons. The zero-order valence-electron chi connectivity index (χ0n) is 34.5. The van der Waals surface area contributed by atoms with E-state index in [1.165, 1.54) is 16.7 Å². The summed E-state index contributed by atoms with van der Waals surface area (Å²) >= 11 is 0. The maximum atomic E-state index is 13.5. The summed E-state index contributed by atoms with van der Waals surface area (Å²) in [4.78, 5) is 69.6. The van der Waals surface area contributed by atoms with Gasteiger partial charge in [0.1, 0.15) is 29.5 Å². The Hall–Kier alpha value is -7.02. The number of phenolic OH excluding ortho intramolecular Hbond substituents is 1. The van der Waals surface area contributed by atoms with Crippen LogP contribution in [0.15, 0.2) is 113 Å². The van der Waals surface area contributed by atoms with Crippen LogP contribution in [0.3, 0.4) is 0 Å². The Morgan fingerprint density at radius 1 is 0.639 bits per heavy atom. The summed E-state index contributed by atoms with van der Waals surface area (Å²) in [5.74, 6) is 1.39. The Morgan fingerprint density at radius 2 is 1.16 bits per heavy atom. The SMILES string of the molecule is CC(C)C[C@@H]1NC(=O)[C@@H](Cc2c[nH]c3ccccc23)n2c1nc1ccc(O)cc1c2=O.CCC(C)[C@H]1NC(=O)[C@H](Cc2c[nH]c3ccccc23)n2c1nc1ccccc1c2=O. The first-order valence-corrected chi connectivity index (χ1v) is 21.0. The number of phenols is 1. The van der Waals surface area contributed by atoms with Crippen LogP contribution in [-0.4, -0.2) is 46.0 Å². The van der Waals surface area contributed by atoms with E-state index in [0.29, 0.717) is 58.6 Å². The van der Waals surface area contributed by atoms with Gasteiger partial charge in [-0.2, -0.15) is 0 Å². The molecular formula is C48H48N8O5. The lowest BCUT2D eigenvalue weighted by molar-refractivity contribution is -0.127. The molecule has 0 bridgehead atoms. The summed E-state index contributed by atoms with van der Waals surface area (Å²) < 4.78 is 3.18. The topological polar surface area (TPSA) is 180 Å². The van der Waals surface area contributed by atoms with Crippen molar-refractivity contribution in [3.8, 4) is 5.75 Å². The molecule has 13 heteroatoms. The van der Waals surface area contributed by atoms with E-state index in [4.69, 9.17) is 9.97 Å². The zero-order chi connectivity index (χ0) is 42.5. The Kier molecular flexibility index (Phi) is 10.3. The van der Waals surface area contributed by atoms with Gasteiger partial charge < -0.3 is 25.7 Å². The van der Waals surface area contributed by atoms with Crippen molar-refractivity contribution in [2.75, 3.05) is 0 Å². The number of aromatic amines is 2. The quantitative estimate of drug-likeness (QED) is 0.106. The Balaban J connectivity index is 0.000000156. The normalized spacial score (nSPS) is 19.0. The van der Waals surface area contributed by atoms with Crippen LogP contribution in [0.1, 0.15) is 87.5 Å². The zero-order valence-corrected chi connectivity index (χ0v) is 34.5. The van der Waals surface area contributed by atoms with Gasteiger partial charge in [-0.1, -0.05) is 82.6 Å². The number of para-hydroxylation sites is 3. The third-order valence-corrected chi connectivity index (χ3v) is 12.3. The smallest absolute Gasteiger partial charge is 0.262 e. The highest BCUT2D eigenvalue weighted by molar-refractivity contribution is 5.89. The van der Waals surface area contributed by atoms with Gasteiger partial charge in [-0.15, -0.1) is 0 Å². The van der Waals surface area contributed by atoms with Crippen molar-refractivity contribution in [3.05, 3.63) is 147 Å². The van der Waals surface area contributed by atoms with Gasteiger partial charge in [0.15, 0.2) is 0 Å². The third kappa shape index (κ3) is 7.13. The fourth-order valence-corrected chi connectivity index (χ4v) is 8.97. The molecule has 2 aliphatic heterocycles. The molecule has 8 aromatic rings. The molecule has 5 atom stereocenters. The number of benzene rings is 4. The number of nitrogens with zero attached hydrogens (tertiary/aromatic N) is 4. The number of nitrogens with one attached hydrogen (secondary N) is 4. The molecule has 0 saturated carbocycles. The van der Waals surface area contributed by atoms with Gasteiger partial charge in [0.05, 0.1) is 33.9 Å². The molecule has 13 nitrogen and oxygen atoms in total. The van der Waals surface area contributed by atoms with Gasteiger partial charge in [0.25, 0.3) is 11.1 Å². The van der Waals surface area contributed by atoms with Crippen LogP contribution in [0.2, 0.25) is 0 Å². The Bertz CT molecular complexity index is 3100. The standard InChI is InChI=1S/C24H24N4O3.C24H24N4O2/c1-13(2)9-20-22-26-19-8-7-15(29)11-17(19)24(31)28(22)21(23(30)27-20)10-14-12-25-18-6-4-3-5-16(14)18;1-3-14(2)21-22-26-19-11-7-5-9-17(19)24(30)28(22)20(23(29)27-21)12-15-13-25-18-10-6-4-8-16(15)18/h3-8,11-13,20-21,25,29H,9-10H2,1-2H3,(H,27,30);4-11,13-14,20-21,25H,3,12H2,1-2H3,(H,27,29)/t20-,21+;14?,20-,21+/m00/s1. The van der Waals surface area contributed by atoms with Crippen LogP contribution in [0.4, 0.5) is 0 Å². The molecule has 10 rings (SSSR count). The average molecular weight is 817 g/mol. The first-order chi connectivity index (χ1) is 29.5. The Labute approximate surface area is 350 Å². The van der Waals surface area contributed by atoms with Crippen molar-refractivity contribution in [3.63, 3.8) is 0 Å². The lowest BCUT2D eigenvalue weighted by Gasteiger charge is -2.35. The molecule has 6 heterocycles. The van der Waals surface area contributed by atoms with E-state index in [1.807, 2.05) is 79.1 Å². The lowest BCUT2D eigenvalue weighted by atomic mass is 9.93. The molecule has 1 unspecified atom stereocenters. The van der Waals surface area contributed by atoms with Crippen LogP contribution in [0.5, 0.6) is 5.75 Å². The van der Waals surface area contributed by atoms with Crippen LogP contribution >= 0.6 is 0 Å². The van der Waals surface area contributed by atoms with Gasteiger partial charge in [-0.05, 0) is 71.8 Å². The molecule has 61 heavy (non-hydrogen) atoms. The monoisotopic (exact) mass is 816 g/mol.